The molecule has 3 N–H and O–H groups in total. The summed E-state index contributed by atoms with van der Waals surface area (Å²) in [5.74, 6) is -1.97. The van der Waals surface area contributed by atoms with Crippen molar-refractivity contribution in [2.24, 2.45) is 11.8 Å². The van der Waals surface area contributed by atoms with Gasteiger partial charge in [0.05, 0.1) is 23.8 Å². The molecule has 1 fully saturated rings. The third kappa shape index (κ3) is 5.10. The predicted octanol–water partition coefficient (Wildman–Crippen LogP) is 3.33. The fraction of sp³-hybridized carbons (Fsp3) is 0.333. The Morgan fingerprint density at radius 3 is 2.07 bits per heavy atom. The number of aliphatic carboxylic acids is 1. The molecule has 0 heterocycles. The number of benzene rings is 2. The van der Waals surface area contributed by atoms with Crippen molar-refractivity contribution in [1.29, 1.82) is 0 Å². The van der Waals surface area contributed by atoms with Crippen LogP contribution in [-0.4, -0.2) is 32.5 Å². The first-order valence-electron chi connectivity index (χ1n) is 9.61. The molecule has 1 saturated carbocycles. The van der Waals surface area contributed by atoms with Gasteiger partial charge in [-0.05, 0) is 61.4 Å². The first-order valence-corrected chi connectivity index (χ1v) is 11.1. The largest absolute Gasteiger partial charge is 0.497 e. The van der Waals surface area contributed by atoms with Crippen molar-refractivity contribution in [3.63, 3.8) is 0 Å². The molecule has 2 atom stereocenters. The Morgan fingerprint density at radius 1 is 0.933 bits per heavy atom. The van der Waals surface area contributed by atoms with Crippen molar-refractivity contribution in [3.8, 4) is 5.75 Å². The van der Waals surface area contributed by atoms with Gasteiger partial charge in [0.2, 0.25) is 5.91 Å². The van der Waals surface area contributed by atoms with E-state index in [0.717, 1.165) is 12.8 Å². The molecule has 0 bridgehead atoms. The molecule has 0 aliphatic heterocycles. The lowest BCUT2D eigenvalue weighted by Gasteiger charge is -2.27. The average Bonchev–Trinajstić information content (AvgIpc) is 2.74. The number of amides is 1. The second kappa shape index (κ2) is 9.17. The number of hydrogen-bond acceptors (Lipinski definition) is 5. The lowest BCUT2D eigenvalue weighted by molar-refractivity contribution is -0.147. The zero-order valence-electron chi connectivity index (χ0n) is 16.5. The summed E-state index contributed by atoms with van der Waals surface area (Å²) < 4.78 is 32.6. The number of carbonyl (C=O) groups excluding carboxylic acids is 1. The summed E-state index contributed by atoms with van der Waals surface area (Å²) in [6, 6.07) is 12.2. The van der Waals surface area contributed by atoms with Crippen LogP contribution >= 0.6 is 0 Å². The van der Waals surface area contributed by atoms with Crippen LogP contribution in [0.1, 0.15) is 25.7 Å². The summed E-state index contributed by atoms with van der Waals surface area (Å²) in [5, 5.41) is 12.0. The number of rotatable bonds is 7. The maximum Gasteiger partial charge on any atom is 0.307 e. The molecule has 1 unspecified atom stereocenters. The molecule has 0 spiro atoms. The van der Waals surface area contributed by atoms with E-state index in [4.69, 9.17) is 4.74 Å². The standard InChI is InChI=1S/C21H24N2O6S/c1-29-16-10-6-15(7-11-16)23-30(27,28)17-12-8-14(9-13-17)22-20(24)18-4-2-3-5-19(18)21(25)26/h6-13,18-19,23H,2-5H2,1H3,(H,22,24)(H,25,26)/t18?,19-/m0/s1. The number of ether oxygens (including phenoxy) is 1. The highest BCUT2D eigenvalue weighted by Crippen LogP contribution is 2.31. The Balaban J connectivity index is 1.67. The Hall–Kier alpha value is -3.07. The lowest BCUT2D eigenvalue weighted by Crippen LogP contribution is -2.36. The molecule has 1 amide bonds. The summed E-state index contributed by atoms with van der Waals surface area (Å²) in [5.41, 5.74) is 0.809. The summed E-state index contributed by atoms with van der Waals surface area (Å²) in [6.07, 6.45) is 2.63. The van der Waals surface area contributed by atoms with Gasteiger partial charge in [-0.2, -0.15) is 0 Å². The van der Waals surface area contributed by atoms with Crippen molar-refractivity contribution in [2.75, 3.05) is 17.1 Å². The van der Waals surface area contributed by atoms with Crippen LogP contribution in [0.4, 0.5) is 11.4 Å². The van der Waals surface area contributed by atoms with Crippen LogP contribution in [0, 0.1) is 11.8 Å². The average molecular weight is 432 g/mol. The van der Waals surface area contributed by atoms with E-state index in [0.29, 0.717) is 30.0 Å². The van der Waals surface area contributed by atoms with Gasteiger partial charge in [0.15, 0.2) is 0 Å². The second-order valence-corrected chi connectivity index (χ2v) is 8.87. The molecule has 8 nitrogen and oxygen atoms in total. The molecule has 2 aromatic rings. The van der Waals surface area contributed by atoms with Crippen LogP contribution in [0.3, 0.4) is 0 Å². The fourth-order valence-corrected chi connectivity index (χ4v) is 4.62. The molecule has 9 heteroatoms. The quantitative estimate of drug-likeness (QED) is 0.617. The van der Waals surface area contributed by atoms with E-state index in [-0.39, 0.29) is 10.8 Å². The van der Waals surface area contributed by atoms with Crippen molar-refractivity contribution in [3.05, 3.63) is 48.5 Å². The van der Waals surface area contributed by atoms with Gasteiger partial charge >= 0.3 is 5.97 Å². The van der Waals surface area contributed by atoms with E-state index in [2.05, 4.69) is 10.0 Å². The highest BCUT2D eigenvalue weighted by atomic mass is 32.2. The molecule has 1 aliphatic carbocycles. The van der Waals surface area contributed by atoms with E-state index < -0.39 is 27.8 Å². The minimum Gasteiger partial charge on any atom is -0.497 e. The van der Waals surface area contributed by atoms with E-state index in [1.807, 2.05) is 0 Å². The lowest BCUT2D eigenvalue weighted by atomic mass is 9.78. The smallest absolute Gasteiger partial charge is 0.307 e. The van der Waals surface area contributed by atoms with E-state index in [1.54, 1.807) is 24.3 Å². The number of nitrogens with one attached hydrogen (secondary N) is 2. The van der Waals surface area contributed by atoms with Crippen molar-refractivity contribution in [1.82, 2.24) is 0 Å². The molecule has 0 radical (unpaired) electrons. The molecule has 3 rings (SSSR count). The van der Waals surface area contributed by atoms with Gasteiger partial charge in [-0.1, -0.05) is 12.8 Å². The molecule has 1 aliphatic rings. The van der Waals surface area contributed by atoms with Gasteiger partial charge in [-0.3, -0.25) is 14.3 Å². The number of carboxylic acid groups (broad SMARTS) is 1. The minimum absolute atomic E-state index is 0.0393. The van der Waals surface area contributed by atoms with Crippen LogP contribution in [0.2, 0.25) is 0 Å². The van der Waals surface area contributed by atoms with Crippen LogP contribution < -0.4 is 14.8 Å². The number of carboxylic acids is 1. The Labute approximate surface area is 175 Å². The number of carbonyl (C=O) groups is 2. The van der Waals surface area contributed by atoms with Crippen LogP contribution in [0.25, 0.3) is 0 Å². The molecule has 30 heavy (non-hydrogen) atoms. The van der Waals surface area contributed by atoms with Gasteiger partial charge in [0.1, 0.15) is 5.75 Å². The highest BCUT2D eigenvalue weighted by molar-refractivity contribution is 7.92. The summed E-state index contributed by atoms with van der Waals surface area (Å²) in [7, 11) is -2.28. The van der Waals surface area contributed by atoms with Gasteiger partial charge in [0.25, 0.3) is 10.0 Å². The summed E-state index contributed by atoms with van der Waals surface area (Å²) >= 11 is 0. The SMILES string of the molecule is COc1ccc(NS(=O)(=O)c2ccc(NC(=O)C3CCCC[C@@H]3C(=O)O)cc2)cc1. The normalized spacial score (nSPS) is 19.0. The Kier molecular flexibility index (Phi) is 6.61. The van der Waals surface area contributed by atoms with E-state index >= 15 is 0 Å². The highest BCUT2D eigenvalue weighted by Gasteiger charge is 2.35. The number of methoxy groups -OCH3 is 1. The maximum atomic E-state index is 12.6. The molecule has 0 aromatic heterocycles. The molecular weight excluding hydrogens is 408 g/mol. The Bertz CT molecular complexity index is 1000. The van der Waals surface area contributed by atoms with Crippen LogP contribution in [0.15, 0.2) is 53.4 Å². The molecule has 160 valence electrons. The fourth-order valence-electron chi connectivity index (χ4n) is 3.57. The maximum absolute atomic E-state index is 12.6. The van der Waals surface area contributed by atoms with E-state index in [9.17, 15) is 23.1 Å². The van der Waals surface area contributed by atoms with E-state index in [1.165, 1.54) is 31.4 Å². The number of anilines is 2. The first kappa shape index (κ1) is 21.6. The third-order valence-corrected chi connectivity index (χ3v) is 6.59. The molecule has 0 saturated heterocycles. The number of sulfonamides is 1. The third-order valence-electron chi connectivity index (χ3n) is 5.19. The Morgan fingerprint density at radius 2 is 1.50 bits per heavy atom. The predicted molar refractivity (Wildman–Crippen MR) is 112 cm³/mol. The molecule has 2 aromatic carbocycles. The van der Waals surface area contributed by atoms with Crippen molar-refractivity contribution in [2.45, 2.75) is 30.6 Å². The molecular formula is C21H24N2O6S. The summed E-state index contributed by atoms with van der Waals surface area (Å²) in [4.78, 5) is 24.0. The topological polar surface area (TPSA) is 122 Å². The van der Waals surface area contributed by atoms with Gasteiger partial charge in [-0.25, -0.2) is 8.42 Å². The van der Waals surface area contributed by atoms with Crippen LogP contribution in [0.5, 0.6) is 5.75 Å². The van der Waals surface area contributed by atoms with Gasteiger partial charge < -0.3 is 15.2 Å². The number of hydrogen-bond donors (Lipinski definition) is 3. The van der Waals surface area contributed by atoms with Crippen LogP contribution in [-0.2, 0) is 19.6 Å². The zero-order chi connectivity index (χ0) is 21.7. The monoisotopic (exact) mass is 432 g/mol. The minimum atomic E-state index is -3.80. The van der Waals surface area contributed by atoms with Gasteiger partial charge in [-0.15, -0.1) is 0 Å². The first-order chi connectivity index (χ1) is 14.3. The van der Waals surface area contributed by atoms with Crippen molar-refractivity contribution < 1.29 is 27.9 Å². The van der Waals surface area contributed by atoms with Crippen molar-refractivity contribution >= 4 is 33.3 Å². The van der Waals surface area contributed by atoms with Gasteiger partial charge in [0, 0.05) is 11.4 Å². The second-order valence-electron chi connectivity index (χ2n) is 7.18. The summed E-state index contributed by atoms with van der Waals surface area (Å²) in [6.45, 7) is 0. The zero-order valence-corrected chi connectivity index (χ0v) is 17.3.